The molecule has 0 amide bonds. The van der Waals surface area contributed by atoms with Crippen LogP contribution in [-0.2, 0) is 4.43 Å². The second-order valence-corrected chi connectivity index (χ2v) is 1.76. The summed E-state index contributed by atoms with van der Waals surface area (Å²) in [5.74, 6) is 0. The average Bonchev–Trinajstić information content (AvgIpc) is 1.38. The number of rotatable bonds is 1. The fraction of sp³-hybridized carbons (Fsp3) is 1.00. The molecule has 0 saturated carbocycles. The Hall–Kier alpha value is 0.467. The number of halogens is 1. The van der Waals surface area contributed by atoms with E-state index in [1.165, 1.54) is 0 Å². The van der Waals surface area contributed by atoms with Crippen LogP contribution in [-0.4, -0.2) is 16.6 Å². The van der Waals surface area contributed by atoms with Gasteiger partial charge in [-0.2, -0.15) is 0 Å². The molecule has 0 spiro atoms. The smallest absolute Gasteiger partial charge is 0.146 e. The molecule has 0 aliphatic rings. The maximum absolute atomic E-state index is 4.89. The van der Waals surface area contributed by atoms with E-state index in [-0.39, 0.29) is 12.4 Å². The standard InChI is InChI=1S/C3H10OSi.ClH/c1-3(2)4-5;/h3H,1-2,5H3;1H. The molecule has 0 radical (unpaired) electrons. The first kappa shape index (κ1) is 9.69. The molecule has 0 heterocycles. The Morgan fingerprint density at radius 1 is 1.50 bits per heavy atom. The molecule has 0 aliphatic carbocycles. The molecule has 0 fully saturated rings. The zero-order valence-corrected chi connectivity index (χ0v) is 7.21. The minimum Gasteiger partial charge on any atom is -0.426 e. The van der Waals surface area contributed by atoms with Crippen molar-refractivity contribution in [2.75, 3.05) is 0 Å². The van der Waals surface area contributed by atoms with Gasteiger partial charge in [-0.1, -0.05) is 0 Å². The summed E-state index contributed by atoms with van der Waals surface area (Å²) in [5, 5.41) is 0. The van der Waals surface area contributed by atoms with Gasteiger partial charge >= 0.3 is 0 Å². The SMILES string of the molecule is CC(C)O[SiH3].Cl. The lowest BCUT2D eigenvalue weighted by Gasteiger charge is -1.95. The summed E-state index contributed by atoms with van der Waals surface area (Å²) in [6.45, 7) is 4.07. The van der Waals surface area contributed by atoms with E-state index in [0.29, 0.717) is 6.10 Å². The molecule has 0 unspecified atom stereocenters. The van der Waals surface area contributed by atoms with E-state index >= 15 is 0 Å². The summed E-state index contributed by atoms with van der Waals surface area (Å²) < 4.78 is 4.89. The van der Waals surface area contributed by atoms with Gasteiger partial charge in [-0.15, -0.1) is 12.4 Å². The first-order valence-corrected chi connectivity index (χ1v) is 2.62. The van der Waals surface area contributed by atoms with Crippen LogP contribution in [0.1, 0.15) is 13.8 Å². The molecule has 3 heteroatoms. The lowest BCUT2D eigenvalue weighted by Crippen LogP contribution is -1.95. The van der Waals surface area contributed by atoms with Crippen LogP contribution in [0.5, 0.6) is 0 Å². The van der Waals surface area contributed by atoms with Gasteiger partial charge in [-0.05, 0) is 13.8 Å². The van der Waals surface area contributed by atoms with Crippen molar-refractivity contribution in [2.24, 2.45) is 0 Å². The lowest BCUT2D eigenvalue weighted by molar-refractivity contribution is 0.267. The van der Waals surface area contributed by atoms with Crippen molar-refractivity contribution in [3.05, 3.63) is 0 Å². The molecule has 1 nitrogen and oxygen atoms in total. The molecular weight excluding hydrogens is 116 g/mol. The van der Waals surface area contributed by atoms with Gasteiger partial charge in [0.2, 0.25) is 0 Å². The van der Waals surface area contributed by atoms with Gasteiger partial charge in [-0.3, -0.25) is 0 Å². The van der Waals surface area contributed by atoms with Gasteiger partial charge in [-0.25, -0.2) is 0 Å². The summed E-state index contributed by atoms with van der Waals surface area (Å²) in [5.41, 5.74) is 0. The van der Waals surface area contributed by atoms with E-state index in [0.717, 1.165) is 10.5 Å². The van der Waals surface area contributed by atoms with Gasteiger partial charge in [0.1, 0.15) is 10.5 Å². The van der Waals surface area contributed by atoms with E-state index < -0.39 is 0 Å². The summed E-state index contributed by atoms with van der Waals surface area (Å²) in [6, 6.07) is 0. The predicted molar refractivity (Wildman–Crippen MR) is 33.4 cm³/mol. The number of hydrogen-bond donors (Lipinski definition) is 0. The van der Waals surface area contributed by atoms with Gasteiger partial charge in [0.15, 0.2) is 0 Å². The molecule has 0 N–H and O–H groups in total. The van der Waals surface area contributed by atoms with Crippen LogP contribution in [0.2, 0.25) is 0 Å². The predicted octanol–water partition coefficient (Wildman–Crippen LogP) is 0.114. The average molecular weight is 127 g/mol. The minimum absolute atomic E-state index is 0. The summed E-state index contributed by atoms with van der Waals surface area (Å²) in [7, 11) is 0.873. The van der Waals surface area contributed by atoms with Gasteiger partial charge in [0.25, 0.3) is 0 Å². The Kier molecular flexibility index (Phi) is 8.83. The van der Waals surface area contributed by atoms with Gasteiger partial charge < -0.3 is 4.43 Å². The Morgan fingerprint density at radius 2 is 1.67 bits per heavy atom. The molecule has 0 aromatic heterocycles. The van der Waals surface area contributed by atoms with E-state index in [1.807, 2.05) is 13.8 Å². The second kappa shape index (κ2) is 5.47. The normalized spacial score (nSPS) is 8.50. The Balaban J connectivity index is 0. The highest BCUT2D eigenvalue weighted by molar-refractivity contribution is 5.98. The fourth-order valence-electron chi connectivity index (χ4n) is 0. The van der Waals surface area contributed by atoms with Crippen molar-refractivity contribution in [1.82, 2.24) is 0 Å². The zero-order chi connectivity index (χ0) is 4.28. The lowest BCUT2D eigenvalue weighted by atomic mass is 10.5. The van der Waals surface area contributed by atoms with E-state index in [2.05, 4.69) is 0 Å². The first-order valence-electron chi connectivity index (χ1n) is 1.80. The molecule has 0 rings (SSSR count). The molecular formula is C3H11ClOSi. The summed E-state index contributed by atoms with van der Waals surface area (Å²) >= 11 is 0. The van der Waals surface area contributed by atoms with Crippen LogP contribution < -0.4 is 0 Å². The van der Waals surface area contributed by atoms with Crippen molar-refractivity contribution < 1.29 is 4.43 Å². The van der Waals surface area contributed by atoms with Crippen LogP contribution in [0.4, 0.5) is 0 Å². The maximum Gasteiger partial charge on any atom is 0.146 e. The molecule has 0 saturated heterocycles. The second-order valence-electron chi connectivity index (χ2n) is 1.28. The topological polar surface area (TPSA) is 9.23 Å². The van der Waals surface area contributed by atoms with Crippen molar-refractivity contribution in [1.29, 1.82) is 0 Å². The molecule has 0 aromatic carbocycles. The third-order valence-electron chi connectivity index (χ3n) is 0.471. The van der Waals surface area contributed by atoms with Crippen LogP contribution in [0.15, 0.2) is 0 Å². The van der Waals surface area contributed by atoms with Crippen molar-refractivity contribution in [3.63, 3.8) is 0 Å². The van der Waals surface area contributed by atoms with Crippen LogP contribution in [0.3, 0.4) is 0 Å². The van der Waals surface area contributed by atoms with E-state index in [1.54, 1.807) is 0 Å². The minimum atomic E-state index is 0. The van der Waals surface area contributed by atoms with E-state index in [4.69, 9.17) is 4.43 Å². The summed E-state index contributed by atoms with van der Waals surface area (Å²) in [4.78, 5) is 0. The molecule has 40 valence electrons. The molecule has 0 aromatic rings. The van der Waals surface area contributed by atoms with Crippen LogP contribution in [0, 0.1) is 0 Å². The van der Waals surface area contributed by atoms with Crippen molar-refractivity contribution >= 4 is 22.9 Å². The molecule has 0 bridgehead atoms. The van der Waals surface area contributed by atoms with E-state index in [9.17, 15) is 0 Å². The van der Waals surface area contributed by atoms with Gasteiger partial charge in [0, 0.05) is 6.10 Å². The van der Waals surface area contributed by atoms with Crippen molar-refractivity contribution in [3.8, 4) is 0 Å². The van der Waals surface area contributed by atoms with Crippen LogP contribution in [0.25, 0.3) is 0 Å². The molecule has 6 heavy (non-hydrogen) atoms. The fourth-order valence-corrected chi connectivity index (χ4v) is 0. The quantitative estimate of drug-likeness (QED) is 0.454. The Bertz CT molecular complexity index is 24.8. The first-order chi connectivity index (χ1) is 2.27. The Labute approximate surface area is 48.0 Å². The van der Waals surface area contributed by atoms with Gasteiger partial charge in [0.05, 0.1) is 0 Å². The zero-order valence-electron chi connectivity index (χ0n) is 4.39. The maximum atomic E-state index is 4.89. The van der Waals surface area contributed by atoms with Crippen molar-refractivity contribution in [2.45, 2.75) is 20.0 Å². The van der Waals surface area contributed by atoms with Crippen LogP contribution >= 0.6 is 12.4 Å². The molecule has 0 atom stereocenters. The summed E-state index contributed by atoms with van der Waals surface area (Å²) in [6.07, 6.45) is 0.446. The highest BCUT2D eigenvalue weighted by Gasteiger charge is 1.77. The third kappa shape index (κ3) is 8.82. The third-order valence-corrected chi connectivity index (χ3v) is 1.41. The monoisotopic (exact) mass is 126 g/mol. The number of hydrogen-bond acceptors (Lipinski definition) is 1. The largest absolute Gasteiger partial charge is 0.426 e. The highest BCUT2D eigenvalue weighted by Crippen LogP contribution is 1.76. The highest BCUT2D eigenvalue weighted by atomic mass is 35.5. The molecule has 0 aliphatic heterocycles. The Morgan fingerprint density at radius 3 is 1.67 bits per heavy atom.